The molecule has 0 aromatic heterocycles. The third kappa shape index (κ3) is 12.0. The van der Waals surface area contributed by atoms with Gasteiger partial charge in [-0.05, 0) is 26.2 Å². The summed E-state index contributed by atoms with van der Waals surface area (Å²) >= 11 is 6.82. The highest BCUT2D eigenvalue weighted by Gasteiger charge is 2.34. The Hall–Kier alpha value is -0.240. The second-order valence-electron chi connectivity index (χ2n) is 8.70. The van der Waals surface area contributed by atoms with Crippen molar-refractivity contribution in [3.63, 3.8) is 0 Å². The fraction of sp³-hybridized carbons (Fsp3) is 0.958. The zero-order chi connectivity index (χ0) is 19.8. The number of aliphatic imine (C=N–C) groups is 1. The molecule has 160 valence electrons. The fourth-order valence-electron chi connectivity index (χ4n) is 4.15. The first-order valence-corrected chi connectivity index (χ1v) is 12.5. The van der Waals surface area contributed by atoms with Crippen LogP contribution in [0.5, 0.6) is 0 Å². The van der Waals surface area contributed by atoms with Crippen LogP contribution in [0.4, 0.5) is 0 Å². The molecule has 3 heteroatoms. The van der Waals surface area contributed by atoms with Gasteiger partial charge in [-0.1, -0.05) is 115 Å². The smallest absolute Gasteiger partial charge is 0.153 e. The molecule has 0 spiro atoms. The van der Waals surface area contributed by atoms with Crippen molar-refractivity contribution in [2.75, 3.05) is 13.1 Å². The predicted molar refractivity (Wildman–Crippen MR) is 123 cm³/mol. The Bertz CT molecular complexity index is 383. The molecule has 1 aliphatic heterocycles. The molecule has 0 fully saturated rings. The van der Waals surface area contributed by atoms with Gasteiger partial charge in [0, 0.05) is 6.54 Å². The van der Waals surface area contributed by atoms with E-state index in [2.05, 4.69) is 25.7 Å². The van der Waals surface area contributed by atoms with Crippen LogP contribution >= 0.6 is 11.6 Å². The Morgan fingerprint density at radius 1 is 0.741 bits per heavy atom. The molecule has 0 aliphatic carbocycles. The predicted octanol–water partition coefficient (Wildman–Crippen LogP) is 8.33. The second-order valence-corrected chi connectivity index (χ2v) is 9.40. The van der Waals surface area contributed by atoms with Crippen LogP contribution in [0.2, 0.25) is 0 Å². The van der Waals surface area contributed by atoms with Crippen molar-refractivity contribution in [1.29, 1.82) is 0 Å². The summed E-state index contributed by atoms with van der Waals surface area (Å²) in [5.74, 6) is 1.16. The van der Waals surface area contributed by atoms with Crippen LogP contribution in [0.1, 0.15) is 130 Å². The minimum atomic E-state index is -0.341. The number of rotatable bonds is 18. The lowest BCUT2D eigenvalue weighted by molar-refractivity contribution is 0.371. The van der Waals surface area contributed by atoms with Gasteiger partial charge in [0.25, 0.3) is 0 Å². The van der Waals surface area contributed by atoms with Gasteiger partial charge < -0.3 is 4.90 Å². The third-order valence-electron chi connectivity index (χ3n) is 5.95. The van der Waals surface area contributed by atoms with Crippen LogP contribution in [0.25, 0.3) is 0 Å². The average molecular weight is 399 g/mol. The number of amidine groups is 1. The van der Waals surface area contributed by atoms with Crippen LogP contribution in [0.15, 0.2) is 4.99 Å². The summed E-state index contributed by atoms with van der Waals surface area (Å²) in [4.78, 5) is 6.90. The number of halogens is 1. The van der Waals surface area contributed by atoms with Crippen LogP contribution in [-0.4, -0.2) is 28.8 Å². The Morgan fingerprint density at radius 3 is 1.70 bits per heavy atom. The highest BCUT2D eigenvalue weighted by Crippen LogP contribution is 2.31. The molecule has 0 N–H and O–H groups in total. The van der Waals surface area contributed by atoms with Gasteiger partial charge in [0.2, 0.25) is 0 Å². The molecule has 0 amide bonds. The minimum absolute atomic E-state index is 0.341. The van der Waals surface area contributed by atoms with E-state index in [1.165, 1.54) is 103 Å². The Balaban J connectivity index is 2.05. The van der Waals surface area contributed by atoms with E-state index >= 15 is 0 Å². The van der Waals surface area contributed by atoms with E-state index < -0.39 is 0 Å². The SMILES string of the molecule is CCCCCCCCCCN1CC(Cl)(CCCCCCCCCC)N=C1C. The highest BCUT2D eigenvalue weighted by atomic mass is 35.5. The quantitative estimate of drug-likeness (QED) is 0.129. The van der Waals surface area contributed by atoms with Gasteiger partial charge in [-0.25, -0.2) is 4.99 Å². The number of nitrogens with zero attached hydrogens (tertiary/aromatic N) is 2. The van der Waals surface area contributed by atoms with Crippen molar-refractivity contribution in [3.05, 3.63) is 0 Å². The molecule has 0 saturated carbocycles. The molecule has 1 unspecified atom stereocenters. The molecule has 0 aromatic carbocycles. The van der Waals surface area contributed by atoms with Crippen molar-refractivity contribution < 1.29 is 0 Å². The maximum atomic E-state index is 6.82. The largest absolute Gasteiger partial charge is 0.357 e. The van der Waals surface area contributed by atoms with Crippen LogP contribution in [-0.2, 0) is 0 Å². The van der Waals surface area contributed by atoms with Crippen LogP contribution in [0.3, 0.4) is 0 Å². The summed E-state index contributed by atoms with van der Waals surface area (Å²) in [7, 11) is 0. The zero-order valence-corrected chi connectivity index (χ0v) is 19.5. The van der Waals surface area contributed by atoms with Gasteiger partial charge in [-0.3, -0.25) is 0 Å². The third-order valence-corrected chi connectivity index (χ3v) is 6.34. The molecule has 0 saturated heterocycles. The first-order chi connectivity index (χ1) is 13.1. The second kappa shape index (κ2) is 15.7. The first-order valence-electron chi connectivity index (χ1n) is 12.1. The van der Waals surface area contributed by atoms with Crippen molar-refractivity contribution in [3.8, 4) is 0 Å². The number of unbranched alkanes of at least 4 members (excludes halogenated alkanes) is 14. The van der Waals surface area contributed by atoms with E-state index in [1.807, 2.05) is 0 Å². The monoisotopic (exact) mass is 398 g/mol. The van der Waals surface area contributed by atoms with Gasteiger partial charge in [0.05, 0.1) is 12.4 Å². The molecule has 0 radical (unpaired) electrons. The topological polar surface area (TPSA) is 15.6 Å². The summed E-state index contributed by atoms with van der Waals surface area (Å²) in [6, 6.07) is 0. The summed E-state index contributed by atoms with van der Waals surface area (Å²) in [5, 5.41) is 0. The van der Waals surface area contributed by atoms with Crippen molar-refractivity contribution >= 4 is 17.4 Å². The summed E-state index contributed by atoms with van der Waals surface area (Å²) < 4.78 is 0. The zero-order valence-electron chi connectivity index (χ0n) is 18.7. The summed E-state index contributed by atoms with van der Waals surface area (Å²) in [5.41, 5.74) is 0. The lowest BCUT2D eigenvalue weighted by atomic mass is 10.0. The van der Waals surface area contributed by atoms with Crippen LogP contribution < -0.4 is 0 Å². The van der Waals surface area contributed by atoms with E-state index in [1.54, 1.807) is 0 Å². The molecular weight excluding hydrogens is 352 g/mol. The van der Waals surface area contributed by atoms with E-state index in [4.69, 9.17) is 16.6 Å². The molecule has 0 bridgehead atoms. The molecule has 1 atom stereocenters. The van der Waals surface area contributed by atoms with Gasteiger partial charge in [0.1, 0.15) is 0 Å². The lowest BCUT2D eigenvalue weighted by Gasteiger charge is -2.23. The van der Waals surface area contributed by atoms with E-state index in [9.17, 15) is 0 Å². The normalized spacial score (nSPS) is 19.7. The highest BCUT2D eigenvalue weighted by molar-refractivity contribution is 6.25. The Morgan fingerprint density at radius 2 is 1.19 bits per heavy atom. The number of hydrogen-bond donors (Lipinski definition) is 0. The van der Waals surface area contributed by atoms with E-state index in [0.29, 0.717) is 0 Å². The number of hydrogen-bond acceptors (Lipinski definition) is 2. The summed E-state index contributed by atoms with van der Waals surface area (Å²) in [6.45, 7) is 8.76. The molecule has 2 nitrogen and oxygen atoms in total. The Kier molecular flexibility index (Phi) is 14.4. The molecule has 1 aliphatic rings. The average Bonchev–Trinajstić information content (AvgIpc) is 2.93. The molecular formula is C24H47ClN2. The maximum Gasteiger partial charge on any atom is 0.153 e. The molecule has 1 heterocycles. The van der Waals surface area contributed by atoms with Crippen molar-refractivity contribution in [2.24, 2.45) is 4.99 Å². The summed E-state index contributed by atoms with van der Waals surface area (Å²) in [6.07, 6.45) is 22.9. The Labute approximate surface area is 175 Å². The van der Waals surface area contributed by atoms with Gasteiger partial charge >= 0.3 is 0 Å². The lowest BCUT2D eigenvalue weighted by Crippen LogP contribution is -2.32. The van der Waals surface area contributed by atoms with Gasteiger partial charge in [-0.2, -0.15) is 0 Å². The van der Waals surface area contributed by atoms with Crippen molar-refractivity contribution in [1.82, 2.24) is 4.90 Å². The fourth-order valence-corrected chi connectivity index (χ4v) is 4.55. The molecule has 1 rings (SSSR count). The van der Waals surface area contributed by atoms with Gasteiger partial charge in [-0.15, -0.1) is 0 Å². The van der Waals surface area contributed by atoms with Crippen molar-refractivity contribution in [2.45, 2.75) is 135 Å². The number of alkyl halides is 1. The molecule has 0 aromatic rings. The maximum absolute atomic E-state index is 6.82. The first kappa shape index (κ1) is 24.8. The van der Waals surface area contributed by atoms with Gasteiger partial charge in [0.15, 0.2) is 5.00 Å². The van der Waals surface area contributed by atoms with E-state index in [-0.39, 0.29) is 5.00 Å². The minimum Gasteiger partial charge on any atom is -0.357 e. The standard InChI is InChI=1S/C24H47ClN2/c1-4-6-8-10-12-14-16-18-20-24(25)22-27(23(3)26-24)21-19-17-15-13-11-9-7-5-2/h4-22H2,1-3H3. The van der Waals surface area contributed by atoms with Crippen LogP contribution in [0, 0.1) is 0 Å². The molecule has 27 heavy (non-hydrogen) atoms. The van der Waals surface area contributed by atoms with E-state index in [0.717, 1.165) is 25.3 Å².